The van der Waals surface area contributed by atoms with E-state index in [0.29, 0.717) is 6.54 Å². The normalized spacial score (nSPS) is 10.7. The van der Waals surface area contributed by atoms with Gasteiger partial charge in [0.25, 0.3) is 5.91 Å². The maximum absolute atomic E-state index is 12.9. The van der Waals surface area contributed by atoms with Gasteiger partial charge in [-0.25, -0.2) is 0 Å². The van der Waals surface area contributed by atoms with Gasteiger partial charge in [0.1, 0.15) is 0 Å². The number of aromatic nitrogens is 2. The predicted molar refractivity (Wildman–Crippen MR) is 100 cm³/mol. The minimum Gasteiger partial charge on any atom is -0.341 e. The fourth-order valence-electron chi connectivity index (χ4n) is 3.09. The van der Waals surface area contributed by atoms with Gasteiger partial charge in [-0.05, 0) is 44.2 Å². The summed E-state index contributed by atoms with van der Waals surface area (Å²) in [5.74, 6) is 0.0474. The average molecular weight is 333 g/mol. The second kappa shape index (κ2) is 7.34. The quantitative estimate of drug-likeness (QED) is 0.712. The van der Waals surface area contributed by atoms with Crippen molar-refractivity contribution < 1.29 is 4.79 Å². The maximum Gasteiger partial charge on any atom is 0.255 e. The van der Waals surface area contributed by atoms with Gasteiger partial charge in [-0.1, -0.05) is 24.3 Å². The van der Waals surface area contributed by atoms with Crippen LogP contribution in [0.15, 0.2) is 60.8 Å². The largest absolute Gasteiger partial charge is 0.341 e. The van der Waals surface area contributed by atoms with Crippen LogP contribution in [0, 0.1) is 13.8 Å². The third-order valence-electron chi connectivity index (χ3n) is 4.45. The van der Waals surface area contributed by atoms with Crippen LogP contribution in [0.2, 0.25) is 0 Å². The molecule has 2 aromatic heterocycles. The van der Waals surface area contributed by atoms with Crippen molar-refractivity contribution in [2.75, 3.05) is 13.6 Å². The van der Waals surface area contributed by atoms with E-state index < -0.39 is 0 Å². The first-order chi connectivity index (χ1) is 12.1. The Morgan fingerprint density at radius 3 is 2.48 bits per heavy atom. The molecule has 0 unspecified atom stereocenters. The lowest BCUT2D eigenvalue weighted by atomic mass is 10.2. The van der Waals surface area contributed by atoms with E-state index in [0.717, 1.165) is 34.8 Å². The van der Waals surface area contributed by atoms with Crippen molar-refractivity contribution in [2.45, 2.75) is 20.3 Å². The number of carbonyl (C=O) groups excluding carboxylic acids is 1. The van der Waals surface area contributed by atoms with E-state index in [1.807, 2.05) is 63.4 Å². The van der Waals surface area contributed by atoms with Gasteiger partial charge < -0.3 is 9.47 Å². The molecule has 1 amide bonds. The molecule has 0 aliphatic heterocycles. The molecule has 1 aromatic carbocycles. The molecule has 4 heteroatoms. The number of nitrogens with zero attached hydrogens (tertiary/aromatic N) is 3. The molecule has 0 bridgehead atoms. The highest BCUT2D eigenvalue weighted by Crippen LogP contribution is 2.21. The van der Waals surface area contributed by atoms with Crippen LogP contribution >= 0.6 is 0 Å². The molecule has 128 valence electrons. The fraction of sp³-hybridized carbons (Fsp3) is 0.238. The van der Waals surface area contributed by atoms with Crippen LogP contribution in [-0.4, -0.2) is 34.0 Å². The van der Waals surface area contributed by atoms with Crippen LogP contribution in [0.5, 0.6) is 0 Å². The molecular weight excluding hydrogens is 310 g/mol. The Kier molecular flexibility index (Phi) is 4.98. The lowest BCUT2D eigenvalue weighted by Gasteiger charge is -2.17. The summed E-state index contributed by atoms with van der Waals surface area (Å²) < 4.78 is 2.12. The number of benzene rings is 1. The maximum atomic E-state index is 12.9. The van der Waals surface area contributed by atoms with E-state index >= 15 is 0 Å². The zero-order valence-electron chi connectivity index (χ0n) is 14.9. The van der Waals surface area contributed by atoms with Crippen molar-refractivity contribution in [1.29, 1.82) is 0 Å². The van der Waals surface area contributed by atoms with Gasteiger partial charge in [-0.3, -0.25) is 9.78 Å². The molecule has 0 saturated heterocycles. The van der Waals surface area contributed by atoms with E-state index in [4.69, 9.17) is 0 Å². The van der Waals surface area contributed by atoms with Gasteiger partial charge in [0.2, 0.25) is 0 Å². The monoisotopic (exact) mass is 333 g/mol. The lowest BCUT2D eigenvalue weighted by Crippen LogP contribution is -2.29. The third kappa shape index (κ3) is 3.63. The molecule has 0 aliphatic carbocycles. The summed E-state index contributed by atoms with van der Waals surface area (Å²) in [4.78, 5) is 19.0. The Hall–Kier alpha value is -2.88. The Bertz CT molecular complexity index is 854. The summed E-state index contributed by atoms with van der Waals surface area (Å²) in [6, 6.07) is 18.0. The molecule has 0 aliphatic rings. The number of likely N-dealkylation sites (N-methyl/N-ethyl adjacent to an activating group) is 1. The predicted octanol–water partition coefficient (Wildman–Crippen LogP) is 3.80. The Morgan fingerprint density at radius 1 is 1.08 bits per heavy atom. The first-order valence-electron chi connectivity index (χ1n) is 8.47. The first-order valence-corrected chi connectivity index (χ1v) is 8.47. The number of rotatable bonds is 5. The number of pyridine rings is 1. The van der Waals surface area contributed by atoms with Crippen molar-refractivity contribution in [3.8, 4) is 5.69 Å². The molecular formula is C21H23N3O. The number of para-hydroxylation sites is 1. The first kappa shape index (κ1) is 17.0. The molecule has 3 aromatic rings. The van der Waals surface area contributed by atoms with Crippen LogP contribution in [0.25, 0.3) is 5.69 Å². The highest BCUT2D eigenvalue weighted by Gasteiger charge is 2.19. The van der Waals surface area contributed by atoms with Gasteiger partial charge in [-0.2, -0.15) is 0 Å². The number of hydrogen-bond acceptors (Lipinski definition) is 2. The average Bonchev–Trinajstić information content (AvgIpc) is 2.95. The summed E-state index contributed by atoms with van der Waals surface area (Å²) in [6.07, 6.45) is 2.53. The van der Waals surface area contributed by atoms with E-state index in [2.05, 4.69) is 21.7 Å². The summed E-state index contributed by atoms with van der Waals surface area (Å²) in [5, 5.41) is 0. The van der Waals surface area contributed by atoms with Gasteiger partial charge in [0.05, 0.1) is 5.56 Å². The highest BCUT2D eigenvalue weighted by atomic mass is 16.2. The van der Waals surface area contributed by atoms with E-state index in [1.54, 1.807) is 11.1 Å². The molecule has 4 nitrogen and oxygen atoms in total. The molecule has 0 atom stereocenters. The second-order valence-electron chi connectivity index (χ2n) is 6.25. The highest BCUT2D eigenvalue weighted by molar-refractivity contribution is 5.95. The third-order valence-corrected chi connectivity index (χ3v) is 4.45. The summed E-state index contributed by atoms with van der Waals surface area (Å²) in [7, 11) is 1.85. The minimum atomic E-state index is 0.0474. The molecule has 2 heterocycles. The number of aryl methyl sites for hydroxylation is 1. The molecule has 0 N–H and O–H groups in total. The van der Waals surface area contributed by atoms with Crippen LogP contribution in [0.1, 0.15) is 27.4 Å². The van der Waals surface area contributed by atoms with E-state index in [-0.39, 0.29) is 5.91 Å². The molecule has 25 heavy (non-hydrogen) atoms. The number of amides is 1. The topological polar surface area (TPSA) is 38.1 Å². The van der Waals surface area contributed by atoms with Crippen LogP contribution in [0.3, 0.4) is 0 Å². The number of hydrogen-bond donors (Lipinski definition) is 0. The van der Waals surface area contributed by atoms with Gasteiger partial charge in [0, 0.05) is 49.0 Å². The molecule has 0 fully saturated rings. The van der Waals surface area contributed by atoms with Crippen LogP contribution < -0.4 is 0 Å². The van der Waals surface area contributed by atoms with E-state index in [1.165, 1.54) is 0 Å². The Balaban J connectivity index is 1.78. The standard InChI is InChI=1S/C21H23N3O/c1-16-15-20(17(2)24(16)19-10-5-4-6-11-19)21(25)23(3)14-12-18-9-7-8-13-22-18/h4-11,13,15H,12,14H2,1-3H3. The molecule has 0 saturated carbocycles. The van der Waals surface area contributed by atoms with Crippen LogP contribution in [-0.2, 0) is 6.42 Å². The van der Waals surface area contributed by atoms with Crippen molar-refractivity contribution in [3.63, 3.8) is 0 Å². The molecule has 0 spiro atoms. The van der Waals surface area contributed by atoms with Gasteiger partial charge in [-0.15, -0.1) is 0 Å². The van der Waals surface area contributed by atoms with Crippen molar-refractivity contribution in [3.05, 3.63) is 83.4 Å². The lowest BCUT2D eigenvalue weighted by molar-refractivity contribution is 0.0795. The smallest absolute Gasteiger partial charge is 0.255 e. The van der Waals surface area contributed by atoms with Gasteiger partial charge >= 0.3 is 0 Å². The Labute approximate surface area is 148 Å². The minimum absolute atomic E-state index is 0.0474. The zero-order chi connectivity index (χ0) is 17.8. The second-order valence-corrected chi connectivity index (χ2v) is 6.25. The Morgan fingerprint density at radius 2 is 1.80 bits per heavy atom. The van der Waals surface area contributed by atoms with Crippen molar-refractivity contribution >= 4 is 5.91 Å². The SMILES string of the molecule is Cc1cc(C(=O)N(C)CCc2ccccn2)c(C)n1-c1ccccc1. The summed E-state index contributed by atoms with van der Waals surface area (Å²) in [6.45, 7) is 4.68. The van der Waals surface area contributed by atoms with Crippen molar-refractivity contribution in [1.82, 2.24) is 14.5 Å². The van der Waals surface area contributed by atoms with Crippen LogP contribution in [0.4, 0.5) is 0 Å². The van der Waals surface area contributed by atoms with Gasteiger partial charge in [0.15, 0.2) is 0 Å². The number of carbonyl (C=O) groups is 1. The van der Waals surface area contributed by atoms with Crippen molar-refractivity contribution in [2.24, 2.45) is 0 Å². The fourth-order valence-corrected chi connectivity index (χ4v) is 3.09. The molecule has 3 rings (SSSR count). The summed E-state index contributed by atoms with van der Waals surface area (Å²) in [5.41, 5.74) is 4.86. The zero-order valence-corrected chi connectivity index (χ0v) is 14.9. The molecule has 0 radical (unpaired) electrons. The van der Waals surface area contributed by atoms with E-state index in [9.17, 15) is 4.79 Å². The summed E-state index contributed by atoms with van der Waals surface area (Å²) >= 11 is 0.